The van der Waals surface area contributed by atoms with Crippen LogP contribution in [-0.4, -0.2) is 21.8 Å². The number of pyridine rings is 1. The van der Waals surface area contributed by atoms with Gasteiger partial charge >= 0.3 is 0 Å². The Morgan fingerprint density at radius 1 is 1.62 bits per heavy atom. The highest BCUT2D eigenvalue weighted by atomic mass is 79.9. The molecule has 1 heterocycles. The zero-order chi connectivity index (χ0) is 12.2. The van der Waals surface area contributed by atoms with Gasteiger partial charge in [-0.05, 0) is 31.9 Å². The standard InChI is InChI=1S/C12H17BrN2O/c1-4-12(3,8-13)15-11(16)10-9(2)6-5-7-14-10/h5-7H,4,8H2,1-3H3,(H,15,16). The average molecular weight is 285 g/mol. The smallest absolute Gasteiger partial charge is 0.270 e. The summed E-state index contributed by atoms with van der Waals surface area (Å²) in [4.78, 5) is 16.1. The number of amides is 1. The largest absolute Gasteiger partial charge is 0.345 e. The van der Waals surface area contributed by atoms with Gasteiger partial charge in [0.05, 0.1) is 0 Å². The minimum Gasteiger partial charge on any atom is -0.345 e. The summed E-state index contributed by atoms with van der Waals surface area (Å²) in [5, 5.41) is 3.73. The van der Waals surface area contributed by atoms with Crippen molar-refractivity contribution in [2.75, 3.05) is 5.33 Å². The van der Waals surface area contributed by atoms with E-state index in [1.165, 1.54) is 0 Å². The van der Waals surface area contributed by atoms with Gasteiger partial charge in [-0.3, -0.25) is 9.78 Å². The molecule has 0 saturated heterocycles. The Morgan fingerprint density at radius 2 is 2.31 bits per heavy atom. The molecule has 1 N–H and O–H groups in total. The van der Waals surface area contributed by atoms with Gasteiger partial charge in [-0.1, -0.05) is 28.9 Å². The predicted octanol–water partition coefficient (Wildman–Crippen LogP) is 2.68. The second kappa shape index (κ2) is 5.43. The molecular weight excluding hydrogens is 268 g/mol. The maximum Gasteiger partial charge on any atom is 0.270 e. The molecule has 0 aliphatic heterocycles. The molecule has 0 spiro atoms. The lowest BCUT2D eigenvalue weighted by molar-refractivity contribution is 0.0907. The van der Waals surface area contributed by atoms with E-state index in [0.29, 0.717) is 5.69 Å². The quantitative estimate of drug-likeness (QED) is 0.864. The number of hydrogen-bond donors (Lipinski definition) is 1. The first-order valence-corrected chi connectivity index (χ1v) is 6.44. The van der Waals surface area contributed by atoms with E-state index in [0.717, 1.165) is 17.3 Å². The first-order chi connectivity index (χ1) is 7.52. The van der Waals surface area contributed by atoms with Gasteiger partial charge in [-0.2, -0.15) is 0 Å². The van der Waals surface area contributed by atoms with Crippen molar-refractivity contribution in [2.45, 2.75) is 32.7 Å². The Balaban J connectivity index is 2.84. The van der Waals surface area contributed by atoms with Gasteiger partial charge in [0.25, 0.3) is 5.91 Å². The van der Waals surface area contributed by atoms with Crippen molar-refractivity contribution in [1.82, 2.24) is 10.3 Å². The Kier molecular flexibility index (Phi) is 4.47. The third kappa shape index (κ3) is 3.04. The SMILES string of the molecule is CCC(C)(CBr)NC(=O)c1ncccc1C. The van der Waals surface area contributed by atoms with Crippen molar-refractivity contribution < 1.29 is 4.79 Å². The molecule has 88 valence electrons. The molecule has 3 nitrogen and oxygen atoms in total. The molecule has 16 heavy (non-hydrogen) atoms. The summed E-state index contributed by atoms with van der Waals surface area (Å²) in [5.74, 6) is -0.109. The highest BCUT2D eigenvalue weighted by Gasteiger charge is 2.24. The van der Waals surface area contributed by atoms with Crippen LogP contribution in [-0.2, 0) is 0 Å². The molecule has 0 saturated carbocycles. The first-order valence-electron chi connectivity index (χ1n) is 5.32. The zero-order valence-electron chi connectivity index (χ0n) is 9.88. The monoisotopic (exact) mass is 284 g/mol. The van der Waals surface area contributed by atoms with Crippen LogP contribution >= 0.6 is 15.9 Å². The lowest BCUT2D eigenvalue weighted by atomic mass is 10.0. The van der Waals surface area contributed by atoms with Gasteiger partial charge in [0.15, 0.2) is 0 Å². The van der Waals surface area contributed by atoms with Crippen LogP contribution in [0.3, 0.4) is 0 Å². The van der Waals surface area contributed by atoms with Crippen LogP contribution < -0.4 is 5.32 Å². The topological polar surface area (TPSA) is 42.0 Å². The highest BCUT2D eigenvalue weighted by molar-refractivity contribution is 9.09. The number of aromatic nitrogens is 1. The predicted molar refractivity (Wildman–Crippen MR) is 68.9 cm³/mol. The van der Waals surface area contributed by atoms with E-state index in [1.807, 2.05) is 32.9 Å². The van der Waals surface area contributed by atoms with Crippen LogP contribution in [0.15, 0.2) is 18.3 Å². The molecule has 0 aliphatic rings. The fourth-order valence-corrected chi connectivity index (χ4v) is 1.81. The molecule has 1 aromatic heterocycles. The Bertz CT molecular complexity index is 375. The lowest BCUT2D eigenvalue weighted by Crippen LogP contribution is -2.47. The number of rotatable bonds is 4. The maximum atomic E-state index is 12.0. The van der Waals surface area contributed by atoms with E-state index in [1.54, 1.807) is 6.20 Å². The molecule has 0 bridgehead atoms. The van der Waals surface area contributed by atoms with E-state index >= 15 is 0 Å². The normalized spacial score (nSPS) is 14.2. The fraction of sp³-hybridized carbons (Fsp3) is 0.500. The summed E-state index contributed by atoms with van der Waals surface area (Å²) in [6.07, 6.45) is 2.51. The summed E-state index contributed by atoms with van der Waals surface area (Å²) in [6.45, 7) is 5.95. The number of alkyl halides is 1. The van der Waals surface area contributed by atoms with Gasteiger partial charge < -0.3 is 5.32 Å². The van der Waals surface area contributed by atoms with Gasteiger partial charge in [0.2, 0.25) is 0 Å². The molecule has 1 aromatic rings. The van der Waals surface area contributed by atoms with Gasteiger partial charge in [-0.15, -0.1) is 0 Å². The van der Waals surface area contributed by atoms with E-state index in [4.69, 9.17) is 0 Å². The molecule has 0 radical (unpaired) electrons. The first kappa shape index (κ1) is 13.2. The summed E-state index contributed by atoms with van der Waals surface area (Å²) >= 11 is 3.42. The van der Waals surface area contributed by atoms with Crippen LogP contribution in [0.2, 0.25) is 0 Å². The van der Waals surface area contributed by atoms with E-state index < -0.39 is 0 Å². The van der Waals surface area contributed by atoms with Crippen LogP contribution in [0, 0.1) is 6.92 Å². The molecule has 1 unspecified atom stereocenters. The van der Waals surface area contributed by atoms with Crippen LogP contribution in [0.4, 0.5) is 0 Å². The maximum absolute atomic E-state index is 12.0. The molecule has 1 rings (SSSR count). The number of carbonyl (C=O) groups is 1. The molecular formula is C12H17BrN2O. The van der Waals surface area contributed by atoms with Crippen LogP contribution in [0.1, 0.15) is 36.3 Å². The van der Waals surface area contributed by atoms with Crippen LogP contribution in [0.25, 0.3) is 0 Å². The van der Waals surface area contributed by atoms with Crippen molar-refractivity contribution in [3.63, 3.8) is 0 Å². The molecule has 0 aliphatic carbocycles. The van der Waals surface area contributed by atoms with Crippen LogP contribution in [0.5, 0.6) is 0 Å². The van der Waals surface area contributed by atoms with Gasteiger partial charge in [-0.25, -0.2) is 0 Å². The summed E-state index contributed by atoms with van der Waals surface area (Å²) in [5.41, 5.74) is 1.18. The molecule has 4 heteroatoms. The van der Waals surface area contributed by atoms with Crippen molar-refractivity contribution in [3.05, 3.63) is 29.6 Å². The second-order valence-electron chi connectivity index (χ2n) is 4.17. The number of nitrogens with zero attached hydrogens (tertiary/aromatic N) is 1. The Labute approximate surface area is 105 Å². The Hall–Kier alpha value is -0.900. The van der Waals surface area contributed by atoms with Crippen molar-refractivity contribution in [2.24, 2.45) is 0 Å². The van der Waals surface area contributed by atoms with Gasteiger partial charge in [0.1, 0.15) is 5.69 Å². The fourth-order valence-electron chi connectivity index (χ4n) is 1.27. The van der Waals surface area contributed by atoms with E-state index in [2.05, 4.69) is 26.2 Å². The molecule has 1 amide bonds. The second-order valence-corrected chi connectivity index (χ2v) is 4.73. The van der Waals surface area contributed by atoms with E-state index in [-0.39, 0.29) is 11.4 Å². The lowest BCUT2D eigenvalue weighted by Gasteiger charge is -2.27. The number of carbonyl (C=O) groups excluding carboxylic acids is 1. The third-order valence-corrected chi connectivity index (χ3v) is 3.95. The average Bonchev–Trinajstić information content (AvgIpc) is 2.29. The number of aryl methyl sites for hydroxylation is 1. The Morgan fingerprint density at radius 3 is 2.81 bits per heavy atom. The number of hydrogen-bond acceptors (Lipinski definition) is 2. The van der Waals surface area contributed by atoms with E-state index in [9.17, 15) is 4.79 Å². The highest BCUT2D eigenvalue weighted by Crippen LogP contribution is 2.14. The van der Waals surface area contributed by atoms with Crippen molar-refractivity contribution >= 4 is 21.8 Å². The third-order valence-electron chi connectivity index (χ3n) is 2.72. The van der Waals surface area contributed by atoms with Gasteiger partial charge in [0, 0.05) is 17.1 Å². The summed E-state index contributed by atoms with van der Waals surface area (Å²) in [6, 6.07) is 3.72. The molecule has 0 aromatic carbocycles. The molecule has 1 atom stereocenters. The summed E-state index contributed by atoms with van der Waals surface area (Å²) in [7, 11) is 0. The number of nitrogens with one attached hydrogen (secondary N) is 1. The minimum absolute atomic E-state index is 0.109. The summed E-state index contributed by atoms with van der Waals surface area (Å²) < 4.78 is 0. The molecule has 0 fully saturated rings. The van der Waals surface area contributed by atoms with Crippen molar-refractivity contribution in [3.8, 4) is 0 Å². The number of halogens is 1. The van der Waals surface area contributed by atoms with Crippen molar-refractivity contribution in [1.29, 1.82) is 0 Å². The minimum atomic E-state index is -0.221. The zero-order valence-corrected chi connectivity index (χ0v) is 11.5.